The van der Waals surface area contributed by atoms with Gasteiger partial charge < -0.3 is 9.64 Å². The molecule has 5 heteroatoms. The lowest BCUT2D eigenvalue weighted by molar-refractivity contribution is -0.127. The fourth-order valence-electron chi connectivity index (χ4n) is 3.48. The first-order chi connectivity index (χ1) is 10.6. The van der Waals surface area contributed by atoms with Crippen LogP contribution in [0, 0.1) is 17.6 Å². The maximum atomic E-state index is 14.2. The van der Waals surface area contributed by atoms with E-state index in [2.05, 4.69) is 0 Å². The van der Waals surface area contributed by atoms with Crippen LogP contribution < -0.4 is 4.90 Å². The van der Waals surface area contributed by atoms with Crippen LogP contribution >= 0.6 is 0 Å². The first-order valence-corrected chi connectivity index (χ1v) is 8.01. The van der Waals surface area contributed by atoms with Crippen LogP contribution in [0.25, 0.3) is 0 Å². The smallest absolute Gasteiger partial charge is 0.230 e. The van der Waals surface area contributed by atoms with Crippen LogP contribution in [0.2, 0.25) is 0 Å². The number of aryl methyl sites for hydroxylation is 1. The Balaban J connectivity index is 1.86. The number of anilines is 1. The first-order valence-electron chi connectivity index (χ1n) is 8.01. The van der Waals surface area contributed by atoms with Gasteiger partial charge in [0.25, 0.3) is 0 Å². The second-order valence-electron chi connectivity index (χ2n) is 6.11. The number of hydrogen-bond donors (Lipinski definition) is 0. The molecule has 1 aromatic carbocycles. The number of halogens is 2. The van der Waals surface area contributed by atoms with Gasteiger partial charge in [-0.15, -0.1) is 0 Å². The van der Waals surface area contributed by atoms with E-state index in [1.807, 2.05) is 6.92 Å². The van der Waals surface area contributed by atoms with Gasteiger partial charge >= 0.3 is 0 Å². The molecule has 0 saturated carbocycles. The molecule has 22 heavy (non-hydrogen) atoms. The average molecular weight is 309 g/mol. The standard InChI is InChI=1S/C17H21F2NO2/c1-2-14-9-12(5-7-22-14)17(21)20-6-3-4-11-8-13(18)10-15(19)16(11)20/h8,10,12,14H,2-7,9H2,1H3/t12-,14-/m0/s1. The molecule has 3 nitrogen and oxygen atoms in total. The zero-order valence-corrected chi connectivity index (χ0v) is 12.8. The van der Waals surface area contributed by atoms with Crippen LogP contribution in [-0.4, -0.2) is 25.2 Å². The van der Waals surface area contributed by atoms with Crippen molar-refractivity contribution in [2.45, 2.75) is 45.1 Å². The average Bonchev–Trinajstić information content (AvgIpc) is 2.53. The molecule has 2 heterocycles. The summed E-state index contributed by atoms with van der Waals surface area (Å²) in [6, 6.07) is 2.21. The largest absolute Gasteiger partial charge is 0.378 e. The lowest BCUT2D eigenvalue weighted by atomic mass is 9.91. The molecule has 1 aromatic rings. The van der Waals surface area contributed by atoms with Gasteiger partial charge in [0.15, 0.2) is 0 Å². The molecule has 0 spiro atoms. The summed E-state index contributed by atoms with van der Waals surface area (Å²) >= 11 is 0. The number of rotatable bonds is 2. The summed E-state index contributed by atoms with van der Waals surface area (Å²) in [5.41, 5.74) is 0.869. The van der Waals surface area contributed by atoms with Crippen LogP contribution in [0.4, 0.5) is 14.5 Å². The Morgan fingerprint density at radius 2 is 2.23 bits per heavy atom. The maximum Gasteiger partial charge on any atom is 0.230 e. The van der Waals surface area contributed by atoms with Gasteiger partial charge in [0, 0.05) is 25.1 Å². The Morgan fingerprint density at radius 1 is 1.41 bits per heavy atom. The third kappa shape index (κ3) is 2.86. The summed E-state index contributed by atoms with van der Waals surface area (Å²) in [5, 5.41) is 0. The van der Waals surface area contributed by atoms with Crippen molar-refractivity contribution in [3.05, 3.63) is 29.3 Å². The molecule has 2 aliphatic heterocycles. The van der Waals surface area contributed by atoms with Crippen molar-refractivity contribution in [3.8, 4) is 0 Å². The van der Waals surface area contributed by atoms with Crippen LogP contribution in [0.3, 0.4) is 0 Å². The fraction of sp³-hybridized carbons (Fsp3) is 0.588. The van der Waals surface area contributed by atoms with E-state index in [4.69, 9.17) is 4.74 Å². The Morgan fingerprint density at radius 3 is 3.00 bits per heavy atom. The maximum absolute atomic E-state index is 14.2. The highest BCUT2D eigenvalue weighted by Gasteiger charge is 2.34. The molecular formula is C17H21F2NO2. The second kappa shape index (κ2) is 6.32. The molecule has 0 aromatic heterocycles. The minimum atomic E-state index is -0.637. The Hall–Kier alpha value is -1.49. The van der Waals surface area contributed by atoms with Gasteiger partial charge in [-0.25, -0.2) is 8.78 Å². The highest BCUT2D eigenvalue weighted by molar-refractivity contribution is 5.96. The molecule has 0 radical (unpaired) electrons. The molecule has 1 saturated heterocycles. The zero-order chi connectivity index (χ0) is 15.7. The van der Waals surface area contributed by atoms with E-state index >= 15 is 0 Å². The van der Waals surface area contributed by atoms with Crippen molar-refractivity contribution >= 4 is 11.6 Å². The number of carbonyl (C=O) groups is 1. The van der Waals surface area contributed by atoms with Gasteiger partial charge in [-0.3, -0.25) is 4.79 Å². The van der Waals surface area contributed by atoms with Crippen molar-refractivity contribution in [1.29, 1.82) is 0 Å². The lowest BCUT2D eigenvalue weighted by Crippen LogP contribution is -2.43. The molecule has 2 aliphatic rings. The van der Waals surface area contributed by atoms with Crippen LogP contribution in [0.5, 0.6) is 0 Å². The normalized spacial score (nSPS) is 25.0. The molecular weight excluding hydrogens is 288 g/mol. The van der Waals surface area contributed by atoms with Crippen molar-refractivity contribution in [1.82, 2.24) is 0 Å². The van der Waals surface area contributed by atoms with E-state index in [0.29, 0.717) is 38.0 Å². The van der Waals surface area contributed by atoms with E-state index in [1.54, 1.807) is 0 Å². The predicted octanol–water partition coefficient (Wildman–Crippen LogP) is 3.45. The monoisotopic (exact) mass is 309 g/mol. The topological polar surface area (TPSA) is 29.5 Å². The van der Waals surface area contributed by atoms with Crippen molar-refractivity contribution < 1.29 is 18.3 Å². The van der Waals surface area contributed by atoms with Gasteiger partial charge in [0.2, 0.25) is 5.91 Å². The summed E-state index contributed by atoms with van der Waals surface area (Å²) < 4.78 is 33.2. The summed E-state index contributed by atoms with van der Waals surface area (Å²) in [6.07, 6.45) is 3.68. The van der Waals surface area contributed by atoms with E-state index in [1.165, 1.54) is 11.0 Å². The number of fused-ring (bicyclic) bond motifs is 1. The van der Waals surface area contributed by atoms with Crippen LogP contribution in [0.1, 0.15) is 38.2 Å². The minimum Gasteiger partial charge on any atom is -0.378 e. The first kappa shape index (κ1) is 15.4. The predicted molar refractivity (Wildman–Crippen MR) is 79.8 cm³/mol. The minimum absolute atomic E-state index is 0.0480. The van der Waals surface area contributed by atoms with Crippen molar-refractivity contribution in [2.24, 2.45) is 5.92 Å². The molecule has 2 atom stereocenters. The number of hydrogen-bond acceptors (Lipinski definition) is 2. The molecule has 0 bridgehead atoms. The molecule has 1 fully saturated rings. The number of benzene rings is 1. The number of carbonyl (C=O) groups excluding carboxylic acids is 1. The third-order valence-electron chi connectivity index (χ3n) is 4.64. The van der Waals surface area contributed by atoms with E-state index in [-0.39, 0.29) is 23.6 Å². The number of nitrogens with zero attached hydrogens (tertiary/aromatic N) is 1. The Bertz CT molecular complexity index is 576. The number of ether oxygens (including phenoxy) is 1. The molecule has 0 N–H and O–H groups in total. The molecule has 120 valence electrons. The second-order valence-corrected chi connectivity index (χ2v) is 6.11. The highest BCUT2D eigenvalue weighted by Crippen LogP contribution is 2.34. The SMILES string of the molecule is CC[C@H]1C[C@@H](C(=O)N2CCCc3cc(F)cc(F)c32)CCO1. The van der Waals surface area contributed by atoms with Gasteiger partial charge in [0.1, 0.15) is 11.6 Å². The zero-order valence-electron chi connectivity index (χ0n) is 12.8. The summed E-state index contributed by atoms with van der Waals surface area (Å²) in [6.45, 7) is 3.11. The third-order valence-corrected chi connectivity index (χ3v) is 4.64. The lowest BCUT2D eigenvalue weighted by Gasteiger charge is -2.35. The van der Waals surface area contributed by atoms with Gasteiger partial charge in [-0.05, 0) is 43.7 Å². The van der Waals surface area contributed by atoms with Gasteiger partial charge in [-0.1, -0.05) is 6.92 Å². The molecule has 3 rings (SSSR count). The quantitative estimate of drug-likeness (QED) is 0.837. The Labute approximate surface area is 129 Å². The van der Waals surface area contributed by atoms with Crippen molar-refractivity contribution in [3.63, 3.8) is 0 Å². The van der Waals surface area contributed by atoms with E-state index in [0.717, 1.165) is 18.9 Å². The van der Waals surface area contributed by atoms with Crippen LogP contribution in [0.15, 0.2) is 12.1 Å². The summed E-state index contributed by atoms with van der Waals surface area (Å²) in [5.74, 6) is -1.40. The van der Waals surface area contributed by atoms with Crippen LogP contribution in [-0.2, 0) is 16.0 Å². The van der Waals surface area contributed by atoms with E-state index < -0.39 is 11.6 Å². The van der Waals surface area contributed by atoms with Gasteiger partial charge in [-0.2, -0.15) is 0 Å². The molecule has 0 unspecified atom stereocenters. The fourth-order valence-corrected chi connectivity index (χ4v) is 3.48. The van der Waals surface area contributed by atoms with E-state index in [9.17, 15) is 13.6 Å². The Kier molecular flexibility index (Phi) is 4.43. The molecule has 1 amide bonds. The highest BCUT2D eigenvalue weighted by atomic mass is 19.1. The summed E-state index contributed by atoms with van der Waals surface area (Å²) in [7, 11) is 0. The van der Waals surface area contributed by atoms with Crippen molar-refractivity contribution in [2.75, 3.05) is 18.1 Å². The van der Waals surface area contributed by atoms with Gasteiger partial charge in [0.05, 0.1) is 11.8 Å². The molecule has 0 aliphatic carbocycles. The number of amides is 1. The summed E-state index contributed by atoms with van der Waals surface area (Å²) in [4.78, 5) is 14.3.